The van der Waals surface area contributed by atoms with Crippen molar-refractivity contribution in [3.63, 3.8) is 0 Å². The van der Waals surface area contributed by atoms with Gasteiger partial charge in [-0.25, -0.2) is 42.5 Å². The number of nitrogen functional groups attached to an aromatic ring is 2. The molecule has 138 heavy (non-hydrogen) atoms. The number of aromatic amines is 3. The number of phenols is 1. The van der Waals surface area contributed by atoms with Gasteiger partial charge in [-0.15, -0.1) is 0 Å². The second-order valence-corrected chi connectivity index (χ2v) is 31.9. The number of para-hydroxylation sites is 4. The number of nitro benzene ring substituents is 2. The molecule has 17 rings (SSSR count). The summed E-state index contributed by atoms with van der Waals surface area (Å²) in [7, 11) is -3.28. The number of rotatable bonds is 26. The number of ether oxygens (including phenoxy) is 8. The van der Waals surface area contributed by atoms with Crippen molar-refractivity contribution in [1.29, 1.82) is 0 Å². The SMILES string of the molecule is CCO.CS(=O)(=O)OCCN1CCOCC1.Nc1ccc(F)cc1OCCN1CCOCC1.Nc1nc2ccccc2[nH]1.O=C(Cl)c1ncn2c(=O)c3c(C(=O)Cl)ncn3c(=O)c12.O=C(Nc1ccc(F)cc1OCCN1CCOCC1)c1nc[nH]c1C(=O)Nc1nc2ccccc2[nH]1.O=[N+]([O-])c1ccc(F)cc1O.O=[N+]([O-])c1ccc(F)cc1OCCN1CCOCC1.OCCN1CCOCC1. The minimum Gasteiger partial charge on any atom is -0.502 e. The fourth-order valence-electron chi connectivity index (χ4n) is 13.1. The summed E-state index contributed by atoms with van der Waals surface area (Å²) in [5, 5.41) is 49.1. The number of β-amino-alcohol motifs (C(OH)–C–C–N with tert-alkyl or cyclic N) is 1. The first kappa shape index (κ1) is 108. The van der Waals surface area contributed by atoms with Crippen LogP contribution in [0.2, 0.25) is 0 Å². The zero-order chi connectivity index (χ0) is 99.6. The lowest BCUT2D eigenvalue weighted by Gasteiger charge is -2.26. The van der Waals surface area contributed by atoms with Crippen LogP contribution in [0.5, 0.6) is 23.0 Å². The van der Waals surface area contributed by atoms with Gasteiger partial charge < -0.3 is 85.0 Å². The van der Waals surface area contributed by atoms with E-state index in [1.54, 1.807) is 13.0 Å². The molecular weight excluding hydrogens is 1890 g/mol. The maximum atomic E-state index is 13.9. The number of aliphatic hydroxyl groups excluding tert-OH is 2. The molecule has 6 aromatic heterocycles. The lowest BCUT2D eigenvalue weighted by atomic mass is 10.2. The van der Waals surface area contributed by atoms with Crippen molar-refractivity contribution in [3.8, 4) is 23.0 Å². The van der Waals surface area contributed by atoms with E-state index in [1.807, 2.05) is 42.5 Å². The molecule has 0 saturated carbocycles. The molecule has 0 radical (unpaired) electrons. The molecule has 0 spiro atoms. The monoisotopic (exact) mass is 1990 g/mol. The van der Waals surface area contributed by atoms with E-state index < -0.39 is 82.3 Å². The topological polar surface area (TPSA) is 580 Å². The summed E-state index contributed by atoms with van der Waals surface area (Å²) in [5.74, 6) is -2.72. The Morgan fingerprint density at radius 2 is 0.913 bits per heavy atom. The largest absolute Gasteiger partial charge is 0.502 e. The van der Waals surface area contributed by atoms with Gasteiger partial charge in [0.05, 0.1) is 135 Å². The number of carbonyl (C=O) groups excluding carboxylic acids is 4. The molecule has 5 aliphatic rings. The number of carbonyl (C=O) groups is 4. The van der Waals surface area contributed by atoms with Gasteiger partial charge in [0.15, 0.2) is 34.5 Å². The van der Waals surface area contributed by atoms with Crippen molar-refractivity contribution in [1.82, 2.24) is 73.2 Å². The summed E-state index contributed by atoms with van der Waals surface area (Å²) < 4.78 is 122. The Bertz CT molecular complexity index is 6050. The normalized spacial score (nSPS) is 14.7. The molecule has 0 atom stereocenters. The lowest BCUT2D eigenvalue weighted by molar-refractivity contribution is -0.386. The number of halogens is 6. The third kappa shape index (κ3) is 34.8. The first-order valence-electron chi connectivity index (χ1n) is 42.6. The van der Waals surface area contributed by atoms with E-state index in [-0.39, 0.29) is 94.9 Å². The summed E-state index contributed by atoms with van der Waals surface area (Å²) in [6.07, 6.45) is 4.26. The number of amides is 2. The van der Waals surface area contributed by atoms with E-state index in [0.717, 1.165) is 193 Å². The third-order valence-corrected chi connectivity index (χ3v) is 20.9. The van der Waals surface area contributed by atoms with Crippen LogP contribution >= 0.6 is 23.2 Å². The molecule has 12 N–H and O–H groups in total. The number of nitrogens with one attached hydrogen (secondary N) is 5. The molecule has 5 fully saturated rings. The number of nitrogens with zero attached hydrogens (tertiary/aromatic N) is 14. The van der Waals surface area contributed by atoms with Crippen molar-refractivity contribution in [2.24, 2.45) is 0 Å². The van der Waals surface area contributed by atoms with Gasteiger partial charge in [0.1, 0.15) is 84.0 Å². The fourth-order valence-corrected chi connectivity index (χ4v) is 13.8. The van der Waals surface area contributed by atoms with Crippen LogP contribution in [0.15, 0.2) is 150 Å². The highest BCUT2D eigenvalue weighted by molar-refractivity contribution is 7.86. The Balaban J connectivity index is 0.000000183. The summed E-state index contributed by atoms with van der Waals surface area (Å²) >= 11 is 10.6. The molecule has 45 nitrogen and oxygen atoms in total. The van der Waals surface area contributed by atoms with Crippen LogP contribution in [0, 0.1) is 43.5 Å². The van der Waals surface area contributed by atoms with Crippen LogP contribution in [0.4, 0.5) is 52.2 Å². The van der Waals surface area contributed by atoms with Gasteiger partial charge in [0.25, 0.3) is 43.5 Å². The quantitative estimate of drug-likeness (QED) is 0.00710. The number of phenolic OH excluding ortho intramolecular Hbond substituents is 1. The van der Waals surface area contributed by atoms with Crippen LogP contribution in [0.1, 0.15) is 48.9 Å². The molecule has 5 aliphatic heterocycles. The first-order chi connectivity index (χ1) is 66.3. The highest BCUT2D eigenvalue weighted by Gasteiger charge is 2.27. The molecule has 2 amide bonds. The molecule has 5 saturated heterocycles. The number of nitro groups is 2. The number of hydrogen-bond acceptors (Lipinski definition) is 36. The smallest absolute Gasteiger partial charge is 0.311 e. The van der Waals surface area contributed by atoms with E-state index in [0.29, 0.717) is 88.2 Å². The van der Waals surface area contributed by atoms with Crippen LogP contribution in [0.25, 0.3) is 33.1 Å². The molecule has 52 heteroatoms. The van der Waals surface area contributed by atoms with Gasteiger partial charge in [0, 0.05) is 141 Å². The lowest BCUT2D eigenvalue weighted by Crippen LogP contribution is -2.38. The first-order valence-corrected chi connectivity index (χ1v) is 45.2. The molecule has 11 heterocycles. The number of nitrogens with two attached hydrogens (primary N) is 2. The highest BCUT2D eigenvalue weighted by atomic mass is 35.5. The molecule has 12 aromatic rings. The average molecular weight is 1990 g/mol. The average Bonchev–Trinajstić information content (AvgIpc) is 1.58. The van der Waals surface area contributed by atoms with Crippen LogP contribution in [-0.4, -0.2) is 339 Å². The van der Waals surface area contributed by atoms with Crippen molar-refractivity contribution in [2.45, 2.75) is 6.92 Å². The number of aromatic hydroxyl groups is 1. The number of H-pyrrole nitrogens is 3. The minimum atomic E-state index is -3.28. The number of anilines is 4. The van der Waals surface area contributed by atoms with E-state index in [2.05, 4.69) is 79.2 Å². The molecule has 744 valence electrons. The number of aliphatic hydroxyl groups is 2. The number of hydrogen-bond donors (Lipinski definition) is 10. The molecule has 0 aliphatic carbocycles. The van der Waals surface area contributed by atoms with Crippen LogP contribution in [0.3, 0.4) is 0 Å². The highest BCUT2D eigenvalue weighted by Crippen LogP contribution is 2.30. The summed E-state index contributed by atoms with van der Waals surface area (Å²) in [4.78, 5) is 131. The van der Waals surface area contributed by atoms with E-state index in [9.17, 15) is 75.0 Å². The van der Waals surface area contributed by atoms with Gasteiger partial charge in [-0.05, 0) is 90.8 Å². The summed E-state index contributed by atoms with van der Waals surface area (Å²) in [6, 6.07) is 28.7. The van der Waals surface area contributed by atoms with Crippen molar-refractivity contribution < 1.29 is 112 Å². The van der Waals surface area contributed by atoms with Crippen molar-refractivity contribution in [2.75, 3.05) is 232 Å². The molecular formula is C86H103Cl2F4N21O24S. The summed E-state index contributed by atoms with van der Waals surface area (Å²) in [5.41, 5.74) is 11.5. The maximum absolute atomic E-state index is 13.9. The van der Waals surface area contributed by atoms with Gasteiger partial charge in [-0.2, -0.15) is 8.42 Å². The van der Waals surface area contributed by atoms with Gasteiger partial charge in [-0.3, -0.25) is 91.8 Å². The Kier molecular flexibility index (Phi) is 43.9. The van der Waals surface area contributed by atoms with E-state index in [4.69, 9.17) is 87.9 Å². The number of fused-ring (bicyclic) bond motifs is 4. The van der Waals surface area contributed by atoms with Gasteiger partial charge >= 0.3 is 11.4 Å². The predicted octanol–water partition coefficient (Wildman–Crippen LogP) is 6.29. The standard InChI is InChI=1S/C24H24FN7O4.C12H15FN2O4.C12H17FN2O2.C10H2Cl2N4O4.C7H7N3.C7H15NO4S.C6H4FNO3.C6H13NO2.C2H6O/c25-15-5-6-18(19(13-15)36-12-9-32-7-10-35-11-8-32)28-22(33)20-21(27-14-26-20)23(34)31-24-29-16-3-1-2-4-17(16)30-24;13-10-1-2-11(15(16)17)12(9-10)19-8-5-14-3-6-18-7-4-14;13-10-1-2-11(14)12(9-10)17-8-5-15-3-6-16-7-4-15;11-7(17)3-5-10(20)16-2-14-4(8(12)18)6(16)9(19)15(5)1-13-3;8-7-9-5-3-1-2-4-6(5)10-7;1-13(9,10)12-7-4-8-2-5-11-6-3-8;7-4-1-2-5(8(10)11)6(9)3-4;8-4-1-7-2-5-9-6-3-7;1-2-3/h1-6,13-14H,7-12H2,(H,26,27)(H,28,33)(H2,29,30,31,34);1-2,9H,3-8H2;1-2,9H,3-8,14H2;1-2H;1-4H,(H3,8,9,10);2-7H2,1H3;1-3,9H;8H,1-6H2;3H,2H2,1H3. The Morgan fingerprint density at radius 1 is 0.514 bits per heavy atom. The van der Waals surface area contributed by atoms with Crippen LogP contribution < -0.4 is 47.4 Å². The number of imidazole rings is 5. The zero-order valence-electron chi connectivity index (χ0n) is 74.7. The van der Waals surface area contributed by atoms with Gasteiger partial charge in [0.2, 0.25) is 5.95 Å². The maximum Gasteiger partial charge on any atom is 0.311 e. The van der Waals surface area contributed by atoms with Gasteiger partial charge in [-0.1, -0.05) is 24.3 Å². The Labute approximate surface area is 794 Å². The zero-order valence-corrected chi connectivity index (χ0v) is 77.0. The van der Waals surface area contributed by atoms with Crippen LogP contribution in [-0.2, 0) is 38.0 Å². The van der Waals surface area contributed by atoms with Crippen molar-refractivity contribution >= 4 is 123 Å². The second-order valence-electron chi connectivity index (χ2n) is 29.5. The van der Waals surface area contributed by atoms with E-state index >= 15 is 0 Å². The number of aromatic nitrogens is 10. The Hall–Kier alpha value is -13.2. The second kappa shape index (κ2) is 55.9. The number of benzene rings is 6. The molecule has 0 unspecified atom stereocenters. The third-order valence-electron chi connectivity index (χ3n) is 19.9. The molecule has 6 aromatic carbocycles. The number of morpholine rings is 5. The minimum absolute atomic E-state index is 0.0294. The summed E-state index contributed by atoms with van der Waals surface area (Å²) in [6.45, 7) is 23.1. The fraction of sp³-hybridized carbons (Fsp3) is 0.384. The van der Waals surface area contributed by atoms with Crippen molar-refractivity contribution in [3.05, 3.63) is 227 Å². The van der Waals surface area contributed by atoms with E-state index in [1.165, 1.54) is 42.7 Å². The Morgan fingerprint density at radius 3 is 1.36 bits per heavy atom. The molecule has 0 bridgehead atoms. The predicted molar refractivity (Wildman–Crippen MR) is 498 cm³/mol.